The summed E-state index contributed by atoms with van der Waals surface area (Å²) in [4.78, 5) is 18.1. The van der Waals surface area contributed by atoms with E-state index in [4.69, 9.17) is 0 Å². The normalized spacial score (nSPS) is 10.9. The molecule has 0 atom stereocenters. The van der Waals surface area contributed by atoms with Crippen LogP contribution in [0.2, 0.25) is 0 Å². The van der Waals surface area contributed by atoms with Crippen molar-refractivity contribution in [2.24, 2.45) is 5.92 Å². The van der Waals surface area contributed by atoms with Crippen LogP contribution < -0.4 is 0 Å². The van der Waals surface area contributed by atoms with E-state index in [0.717, 1.165) is 24.1 Å². The van der Waals surface area contributed by atoms with E-state index in [1.807, 2.05) is 19.9 Å². The highest BCUT2D eigenvalue weighted by molar-refractivity contribution is 5.92. The first kappa shape index (κ1) is 18.0. The van der Waals surface area contributed by atoms with Crippen molar-refractivity contribution < 1.29 is 9.18 Å². The van der Waals surface area contributed by atoms with Gasteiger partial charge in [0.1, 0.15) is 5.69 Å². The Morgan fingerprint density at radius 1 is 1.29 bits per heavy atom. The molecule has 0 saturated heterocycles. The highest BCUT2D eigenvalue weighted by atomic mass is 19.1. The van der Waals surface area contributed by atoms with Gasteiger partial charge in [-0.25, -0.2) is 4.98 Å². The van der Waals surface area contributed by atoms with E-state index in [1.54, 1.807) is 11.1 Å². The zero-order valence-corrected chi connectivity index (χ0v) is 14.4. The van der Waals surface area contributed by atoms with Gasteiger partial charge in [-0.3, -0.25) is 4.79 Å². The number of halogens is 1. The van der Waals surface area contributed by atoms with Gasteiger partial charge in [-0.1, -0.05) is 33.3 Å². The number of hydrogen-bond donors (Lipinski definition) is 0. The molecule has 0 aromatic carbocycles. The van der Waals surface area contributed by atoms with E-state index >= 15 is 0 Å². The van der Waals surface area contributed by atoms with Crippen LogP contribution in [0.5, 0.6) is 0 Å². The Hall–Kier alpha value is -2.37. The van der Waals surface area contributed by atoms with Crippen LogP contribution >= 0.6 is 0 Å². The average molecular weight is 330 g/mol. The maximum Gasteiger partial charge on any atom is 0.272 e. The van der Waals surface area contributed by atoms with Crippen molar-refractivity contribution in [1.82, 2.24) is 20.1 Å². The van der Waals surface area contributed by atoms with Gasteiger partial charge in [0.25, 0.3) is 5.91 Å². The number of hydrogen-bond acceptors (Lipinski definition) is 4. The fourth-order valence-corrected chi connectivity index (χ4v) is 2.55. The molecule has 0 aliphatic carbocycles. The molecule has 2 aromatic rings. The predicted octanol–water partition coefficient (Wildman–Crippen LogP) is 3.26. The summed E-state index contributed by atoms with van der Waals surface area (Å²) in [6, 6.07) is 6.19. The lowest BCUT2D eigenvalue weighted by Gasteiger charge is -2.24. The van der Waals surface area contributed by atoms with Crippen molar-refractivity contribution in [2.45, 2.75) is 40.2 Å². The van der Waals surface area contributed by atoms with Crippen molar-refractivity contribution in [1.29, 1.82) is 0 Å². The highest BCUT2D eigenvalue weighted by Gasteiger charge is 2.20. The molecule has 0 fully saturated rings. The lowest BCUT2D eigenvalue weighted by molar-refractivity contribution is 0.0712. The maximum atomic E-state index is 13.3. The Kier molecular flexibility index (Phi) is 6.35. The Labute approximate surface area is 141 Å². The van der Waals surface area contributed by atoms with Crippen molar-refractivity contribution in [3.8, 4) is 0 Å². The lowest BCUT2D eigenvalue weighted by Crippen LogP contribution is -2.35. The monoisotopic (exact) mass is 330 g/mol. The van der Waals surface area contributed by atoms with Crippen molar-refractivity contribution in [2.75, 3.05) is 6.54 Å². The lowest BCUT2D eigenvalue weighted by atomic mass is 10.1. The Morgan fingerprint density at radius 2 is 2.08 bits per heavy atom. The fourth-order valence-electron chi connectivity index (χ4n) is 2.55. The van der Waals surface area contributed by atoms with E-state index < -0.39 is 5.95 Å². The zero-order chi connectivity index (χ0) is 17.5. The average Bonchev–Trinajstić information content (AvgIpc) is 2.55. The van der Waals surface area contributed by atoms with E-state index in [9.17, 15) is 9.18 Å². The highest BCUT2D eigenvalue weighted by Crippen LogP contribution is 2.14. The number of pyridine rings is 1. The molecule has 0 bridgehead atoms. The number of carbonyl (C=O) groups is 1. The van der Waals surface area contributed by atoms with Crippen LogP contribution in [-0.2, 0) is 13.0 Å². The molecule has 128 valence electrons. The number of amides is 1. The molecule has 2 heterocycles. The smallest absolute Gasteiger partial charge is 0.272 e. The quantitative estimate of drug-likeness (QED) is 0.731. The molecule has 0 saturated carbocycles. The number of aryl methyl sites for hydroxylation is 1. The van der Waals surface area contributed by atoms with Crippen molar-refractivity contribution in [3.05, 3.63) is 53.4 Å². The summed E-state index contributed by atoms with van der Waals surface area (Å²) in [7, 11) is 0. The molecule has 0 unspecified atom stereocenters. The van der Waals surface area contributed by atoms with E-state index in [-0.39, 0.29) is 17.5 Å². The van der Waals surface area contributed by atoms with Crippen LogP contribution in [0, 0.1) is 11.9 Å². The fraction of sp³-hybridized carbons (Fsp3) is 0.444. The number of aromatic nitrogens is 3. The van der Waals surface area contributed by atoms with E-state index in [2.05, 4.69) is 22.1 Å². The van der Waals surface area contributed by atoms with Gasteiger partial charge < -0.3 is 4.90 Å². The maximum absolute atomic E-state index is 13.3. The molecule has 0 aliphatic rings. The molecule has 24 heavy (non-hydrogen) atoms. The number of nitrogens with zero attached hydrogens (tertiary/aromatic N) is 4. The van der Waals surface area contributed by atoms with Crippen molar-refractivity contribution in [3.63, 3.8) is 0 Å². The third-order valence-corrected chi connectivity index (χ3v) is 3.56. The third-order valence-electron chi connectivity index (χ3n) is 3.56. The second-order valence-corrected chi connectivity index (χ2v) is 6.18. The Bertz CT molecular complexity index is 690. The standard InChI is InChI=1S/C18H23FN4O/c1-4-6-14-9-10-20-22-16(14)12-23(11-13(2)3)18(24)15-7-5-8-17(19)21-15/h5,7-10,13H,4,6,11-12H2,1-3H3. The topological polar surface area (TPSA) is 59.0 Å². The van der Waals surface area contributed by atoms with E-state index in [0.29, 0.717) is 13.1 Å². The Morgan fingerprint density at radius 3 is 2.75 bits per heavy atom. The second-order valence-electron chi connectivity index (χ2n) is 6.18. The number of rotatable bonds is 7. The summed E-state index contributed by atoms with van der Waals surface area (Å²) in [6.45, 7) is 7.04. The predicted molar refractivity (Wildman–Crippen MR) is 89.8 cm³/mol. The van der Waals surface area contributed by atoms with Crippen LogP contribution in [0.4, 0.5) is 4.39 Å². The largest absolute Gasteiger partial charge is 0.331 e. The van der Waals surface area contributed by atoms with Crippen LogP contribution in [0.25, 0.3) is 0 Å². The minimum absolute atomic E-state index is 0.108. The minimum Gasteiger partial charge on any atom is -0.331 e. The first-order valence-corrected chi connectivity index (χ1v) is 8.22. The van der Waals surface area contributed by atoms with Crippen LogP contribution in [0.1, 0.15) is 48.9 Å². The summed E-state index contributed by atoms with van der Waals surface area (Å²) in [6.07, 6.45) is 3.53. The van der Waals surface area contributed by atoms with Gasteiger partial charge in [0.15, 0.2) is 0 Å². The first-order chi connectivity index (χ1) is 11.5. The molecule has 6 heteroatoms. The SMILES string of the molecule is CCCc1ccnnc1CN(CC(C)C)C(=O)c1cccc(F)n1. The van der Waals surface area contributed by atoms with Crippen LogP contribution in [0.15, 0.2) is 30.5 Å². The molecule has 2 aromatic heterocycles. The van der Waals surface area contributed by atoms with Crippen LogP contribution in [0.3, 0.4) is 0 Å². The van der Waals surface area contributed by atoms with Gasteiger partial charge in [-0.15, -0.1) is 0 Å². The van der Waals surface area contributed by atoms with Gasteiger partial charge in [0.2, 0.25) is 5.95 Å². The molecule has 1 amide bonds. The van der Waals surface area contributed by atoms with Gasteiger partial charge in [0.05, 0.1) is 12.2 Å². The summed E-state index contributed by atoms with van der Waals surface area (Å²) in [5.74, 6) is -0.679. The summed E-state index contributed by atoms with van der Waals surface area (Å²) in [5, 5.41) is 8.14. The number of carbonyl (C=O) groups excluding carboxylic acids is 1. The zero-order valence-electron chi connectivity index (χ0n) is 14.4. The first-order valence-electron chi connectivity index (χ1n) is 8.22. The van der Waals surface area contributed by atoms with Gasteiger partial charge in [0, 0.05) is 12.7 Å². The molecule has 0 aliphatic heterocycles. The summed E-state index contributed by atoms with van der Waals surface area (Å²) in [5.41, 5.74) is 1.97. The molecular weight excluding hydrogens is 307 g/mol. The third kappa shape index (κ3) is 4.81. The second kappa shape index (κ2) is 8.47. The van der Waals surface area contributed by atoms with E-state index in [1.165, 1.54) is 18.2 Å². The molecule has 0 spiro atoms. The minimum atomic E-state index is -0.656. The van der Waals surface area contributed by atoms with Gasteiger partial charge in [-0.05, 0) is 36.1 Å². The summed E-state index contributed by atoms with van der Waals surface area (Å²) < 4.78 is 13.3. The van der Waals surface area contributed by atoms with Gasteiger partial charge >= 0.3 is 0 Å². The molecule has 5 nitrogen and oxygen atoms in total. The molecular formula is C18H23FN4O. The van der Waals surface area contributed by atoms with Gasteiger partial charge in [-0.2, -0.15) is 14.6 Å². The van der Waals surface area contributed by atoms with Crippen molar-refractivity contribution >= 4 is 5.91 Å². The molecule has 0 N–H and O–H groups in total. The Balaban J connectivity index is 2.27. The summed E-state index contributed by atoms with van der Waals surface area (Å²) >= 11 is 0. The molecule has 2 rings (SSSR count). The van der Waals surface area contributed by atoms with Crippen LogP contribution in [-0.4, -0.2) is 32.5 Å². The molecule has 0 radical (unpaired) electrons.